The Morgan fingerprint density at radius 3 is 2.86 bits per heavy atom. The van der Waals surface area contributed by atoms with Crippen molar-refractivity contribution in [1.29, 1.82) is 0 Å². The van der Waals surface area contributed by atoms with Gasteiger partial charge >= 0.3 is 12.1 Å². The predicted octanol–water partition coefficient (Wildman–Crippen LogP) is 0.0841. The van der Waals surface area contributed by atoms with Gasteiger partial charge in [-0.3, -0.25) is 4.79 Å². The highest BCUT2D eigenvalue weighted by atomic mass is 32.2. The molecular formula is C7H10N2O4S. The molecule has 1 aliphatic rings. The van der Waals surface area contributed by atoms with Crippen molar-refractivity contribution in [2.75, 3.05) is 12.3 Å². The first kappa shape index (κ1) is 10.8. The lowest BCUT2D eigenvalue weighted by atomic mass is 10.4. The van der Waals surface area contributed by atoms with Gasteiger partial charge in [-0.15, -0.1) is 0 Å². The average molecular weight is 218 g/mol. The standard InChI is InChI=1S/C7H10N2O4S/c1-2-8-7(12)14-3-4-5(10)13-6(11)9-4/h4H,2-3H2,1H3,(H,8,12)(H,9,11)/t4-/m0/s1. The number of esters is 1. The Balaban J connectivity index is 2.28. The number of rotatable bonds is 3. The Morgan fingerprint density at radius 1 is 1.64 bits per heavy atom. The molecule has 1 aliphatic heterocycles. The summed E-state index contributed by atoms with van der Waals surface area (Å²) in [6.07, 6.45) is -0.753. The molecule has 1 heterocycles. The van der Waals surface area contributed by atoms with Crippen molar-refractivity contribution < 1.29 is 19.1 Å². The number of thioether (sulfide) groups is 1. The highest BCUT2D eigenvalue weighted by Gasteiger charge is 2.32. The maximum atomic E-state index is 11.0. The molecule has 2 N–H and O–H groups in total. The number of alkyl carbamates (subject to hydrolysis) is 1. The van der Waals surface area contributed by atoms with Crippen molar-refractivity contribution in [2.45, 2.75) is 13.0 Å². The van der Waals surface area contributed by atoms with Crippen LogP contribution in [0.2, 0.25) is 0 Å². The smallest absolute Gasteiger partial charge is 0.375 e. The molecule has 0 radical (unpaired) electrons. The molecule has 0 aromatic rings. The molecule has 14 heavy (non-hydrogen) atoms. The molecule has 6 nitrogen and oxygen atoms in total. The first-order valence-corrected chi connectivity index (χ1v) is 5.05. The van der Waals surface area contributed by atoms with Crippen LogP contribution in [0.5, 0.6) is 0 Å². The second kappa shape index (κ2) is 4.85. The van der Waals surface area contributed by atoms with E-state index in [4.69, 9.17) is 0 Å². The minimum absolute atomic E-state index is 0.191. The van der Waals surface area contributed by atoms with Crippen LogP contribution in [-0.4, -0.2) is 35.6 Å². The molecule has 0 aromatic carbocycles. The highest BCUT2D eigenvalue weighted by molar-refractivity contribution is 8.13. The van der Waals surface area contributed by atoms with Gasteiger partial charge in [-0.1, -0.05) is 11.8 Å². The molecule has 0 aliphatic carbocycles. The second-order valence-corrected chi connectivity index (χ2v) is 3.53. The summed E-state index contributed by atoms with van der Waals surface area (Å²) in [6.45, 7) is 2.33. The summed E-state index contributed by atoms with van der Waals surface area (Å²) in [6, 6.07) is -0.713. The maximum absolute atomic E-state index is 11.0. The number of amides is 2. The van der Waals surface area contributed by atoms with E-state index in [1.54, 1.807) is 6.92 Å². The monoisotopic (exact) mass is 218 g/mol. The predicted molar refractivity (Wildman–Crippen MR) is 49.9 cm³/mol. The fourth-order valence-electron chi connectivity index (χ4n) is 0.857. The van der Waals surface area contributed by atoms with Gasteiger partial charge in [-0.05, 0) is 6.92 Å². The van der Waals surface area contributed by atoms with E-state index < -0.39 is 18.1 Å². The zero-order valence-corrected chi connectivity index (χ0v) is 8.35. The molecule has 0 aromatic heterocycles. The fourth-order valence-corrected chi connectivity index (χ4v) is 1.64. The molecule has 7 heteroatoms. The first-order valence-electron chi connectivity index (χ1n) is 4.06. The van der Waals surface area contributed by atoms with Gasteiger partial charge < -0.3 is 15.4 Å². The Morgan fingerprint density at radius 2 is 2.36 bits per heavy atom. The normalized spacial score (nSPS) is 20.2. The Labute approximate surface area is 84.7 Å². The van der Waals surface area contributed by atoms with Crippen LogP contribution in [0.15, 0.2) is 0 Å². The van der Waals surface area contributed by atoms with E-state index in [9.17, 15) is 14.4 Å². The second-order valence-electron chi connectivity index (χ2n) is 2.53. The van der Waals surface area contributed by atoms with Gasteiger partial charge in [0.2, 0.25) is 0 Å². The molecule has 1 fully saturated rings. The lowest BCUT2D eigenvalue weighted by Crippen LogP contribution is -2.32. The van der Waals surface area contributed by atoms with Gasteiger partial charge in [0.15, 0.2) is 0 Å². The number of hydrogen-bond acceptors (Lipinski definition) is 5. The van der Waals surface area contributed by atoms with Crippen molar-refractivity contribution >= 4 is 29.1 Å². The van der Waals surface area contributed by atoms with E-state index in [0.717, 1.165) is 11.8 Å². The quantitative estimate of drug-likeness (QED) is 0.518. The van der Waals surface area contributed by atoms with Crippen LogP contribution in [0.1, 0.15) is 6.92 Å². The summed E-state index contributed by atoms with van der Waals surface area (Å²) in [5, 5.41) is 4.62. The minimum atomic E-state index is -0.753. The Kier molecular flexibility index (Phi) is 3.75. The zero-order valence-electron chi connectivity index (χ0n) is 7.53. The lowest BCUT2D eigenvalue weighted by Gasteiger charge is -2.04. The van der Waals surface area contributed by atoms with Gasteiger partial charge in [-0.2, -0.15) is 0 Å². The summed E-state index contributed by atoms with van der Waals surface area (Å²) in [4.78, 5) is 32.4. The van der Waals surface area contributed by atoms with Crippen LogP contribution >= 0.6 is 11.8 Å². The van der Waals surface area contributed by atoms with Crippen molar-refractivity contribution in [3.8, 4) is 0 Å². The highest BCUT2D eigenvalue weighted by Crippen LogP contribution is 2.09. The van der Waals surface area contributed by atoms with Gasteiger partial charge in [0.05, 0.1) is 0 Å². The molecule has 1 saturated heterocycles. The van der Waals surface area contributed by atoms with E-state index in [1.165, 1.54) is 0 Å². The lowest BCUT2D eigenvalue weighted by molar-refractivity contribution is -0.134. The number of cyclic esters (lactones) is 2. The van der Waals surface area contributed by atoms with Gasteiger partial charge in [0.1, 0.15) is 6.04 Å². The number of hydrogen-bond donors (Lipinski definition) is 2. The summed E-state index contributed by atoms with van der Waals surface area (Å²) in [7, 11) is 0. The molecular weight excluding hydrogens is 208 g/mol. The van der Waals surface area contributed by atoms with Gasteiger partial charge in [0.25, 0.3) is 5.24 Å². The molecule has 0 unspecified atom stereocenters. The molecule has 78 valence electrons. The summed E-state index contributed by atoms with van der Waals surface area (Å²) in [5.74, 6) is -0.442. The molecule has 0 spiro atoms. The molecule has 1 rings (SSSR count). The van der Waals surface area contributed by atoms with E-state index in [-0.39, 0.29) is 11.0 Å². The summed E-state index contributed by atoms with van der Waals surface area (Å²) in [5.41, 5.74) is 0. The average Bonchev–Trinajstić information content (AvgIpc) is 2.42. The van der Waals surface area contributed by atoms with Crippen molar-refractivity contribution in [1.82, 2.24) is 10.6 Å². The van der Waals surface area contributed by atoms with Gasteiger partial charge in [0, 0.05) is 12.3 Å². The van der Waals surface area contributed by atoms with Crippen LogP contribution in [0.3, 0.4) is 0 Å². The Bertz CT molecular complexity index is 268. The molecule has 0 saturated carbocycles. The minimum Gasteiger partial charge on any atom is -0.375 e. The number of ether oxygens (including phenoxy) is 1. The third-order valence-corrected chi connectivity index (χ3v) is 2.38. The molecule has 1 atom stereocenters. The Hall–Kier alpha value is -1.24. The van der Waals surface area contributed by atoms with Crippen molar-refractivity contribution in [2.24, 2.45) is 0 Å². The van der Waals surface area contributed by atoms with E-state index in [1.807, 2.05) is 0 Å². The number of nitrogens with one attached hydrogen (secondary N) is 2. The van der Waals surface area contributed by atoms with Crippen LogP contribution in [0, 0.1) is 0 Å². The third-order valence-electron chi connectivity index (χ3n) is 1.47. The largest absolute Gasteiger partial charge is 0.415 e. The fraction of sp³-hybridized carbons (Fsp3) is 0.571. The van der Waals surface area contributed by atoms with Crippen LogP contribution in [-0.2, 0) is 9.53 Å². The SMILES string of the molecule is CCNC(=O)SC[C@@H]1NC(=O)OC1=O. The van der Waals surface area contributed by atoms with Crippen molar-refractivity contribution in [3.63, 3.8) is 0 Å². The van der Waals surface area contributed by atoms with Crippen LogP contribution in [0.4, 0.5) is 9.59 Å². The van der Waals surface area contributed by atoms with Crippen LogP contribution in [0.25, 0.3) is 0 Å². The van der Waals surface area contributed by atoms with E-state index in [2.05, 4.69) is 15.4 Å². The maximum Gasteiger partial charge on any atom is 0.415 e. The molecule has 0 bridgehead atoms. The summed E-state index contributed by atoms with van der Waals surface area (Å²) < 4.78 is 4.23. The third kappa shape index (κ3) is 2.91. The topological polar surface area (TPSA) is 84.5 Å². The van der Waals surface area contributed by atoms with Gasteiger partial charge in [-0.25, -0.2) is 9.59 Å². The number of carbonyl (C=O) groups excluding carboxylic acids is 3. The number of carbonyl (C=O) groups is 3. The zero-order chi connectivity index (χ0) is 10.6. The van der Waals surface area contributed by atoms with Crippen LogP contribution < -0.4 is 10.6 Å². The van der Waals surface area contributed by atoms with E-state index >= 15 is 0 Å². The first-order chi connectivity index (χ1) is 6.63. The van der Waals surface area contributed by atoms with Crippen molar-refractivity contribution in [3.05, 3.63) is 0 Å². The molecule has 2 amide bonds. The van der Waals surface area contributed by atoms with E-state index in [0.29, 0.717) is 6.54 Å². The summed E-state index contributed by atoms with van der Waals surface area (Å²) >= 11 is 0.938.